The Labute approximate surface area is 114 Å². The molecule has 0 atom stereocenters. The summed E-state index contributed by atoms with van der Waals surface area (Å²) in [5.74, 6) is 0.183. The van der Waals surface area contributed by atoms with Crippen molar-refractivity contribution in [2.75, 3.05) is 26.3 Å². The third kappa shape index (κ3) is 2.66. The third-order valence-corrected chi connectivity index (χ3v) is 4.69. The van der Waals surface area contributed by atoms with Gasteiger partial charge in [-0.3, -0.25) is 4.79 Å². The van der Waals surface area contributed by atoms with Crippen LogP contribution in [0.15, 0.2) is 30.3 Å². The molecule has 3 nitrogen and oxygen atoms in total. The number of amides is 1. The predicted octanol–water partition coefficient (Wildman–Crippen LogP) is 2.72. The van der Waals surface area contributed by atoms with Crippen LogP contribution >= 0.6 is 0 Å². The van der Waals surface area contributed by atoms with Crippen LogP contribution in [-0.2, 0) is 4.74 Å². The van der Waals surface area contributed by atoms with Crippen LogP contribution in [-0.4, -0.2) is 37.1 Å². The van der Waals surface area contributed by atoms with E-state index in [9.17, 15) is 4.79 Å². The van der Waals surface area contributed by atoms with Crippen molar-refractivity contribution in [2.45, 2.75) is 25.7 Å². The maximum Gasteiger partial charge on any atom is 0.253 e. The average molecular weight is 259 g/mol. The Morgan fingerprint density at radius 3 is 2.26 bits per heavy atom. The third-order valence-electron chi connectivity index (χ3n) is 4.69. The first-order valence-corrected chi connectivity index (χ1v) is 7.21. The fourth-order valence-electron chi connectivity index (χ4n) is 3.25. The Bertz CT molecular complexity index is 427. The van der Waals surface area contributed by atoms with Crippen LogP contribution < -0.4 is 0 Å². The second kappa shape index (κ2) is 5.33. The van der Waals surface area contributed by atoms with Crippen LogP contribution in [0.1, 0.15) is 36.0 Å². The molecule has 0 unspecified atom stereocenters. The molecule has 0 N–H and O–H groups in total. The molecule has 2 aliphatic rings. The van der Waals surface area contributed by atoms with E-state index in [0.717, 1.165) is 44.7 Å². The van der Waals surface area contributed by atoms with Gasteiger partial charge in [0.15, 0.2) is 0 Å². The molecule has 3 heteroatoms. The number of rotatable bonds is 1. The van der Waals surface area contributed by atoms with Gasteiger partial charge >= 0.3 is 0 Å². The first-order valence-electron chi connectivity index (χ1n) is 7.21. The normalized spacial score (nSPS) is 22.4. The quantitative estimate of drug-likeness (QED) is 0.776. The van der Waals surface area contributed by atoms with Crippen LogP contribution in [0, 0.1) is 5.41 Å². The van der Waals surface area contributed by atoms with Gasteiger partial charge in [0.25, 0.3) is 5.91 Å². The van der Waals surface area contributed by atoms with Gasteiger partial charge in [-0.15, -0.1) is 0 Å². The molecule has 1 aromatic rings. The molecular weight excluding hydrogens is 238 g/mol. The molecule has 0 bridgehead atoms. The molecule has 2 heterocycles. The Hall–Kier alpha value is -1.35. The Balaban J connectivity index is 1.62. The van der Waals surface area contributed by atoms with E-state index >= 15 is 0 Å². The maximum atomic E-state index is 12.4. The van der Waals surface area contributed by atoms with Crippen molar-refractivity contribution >= 4 is 5.91 Å². The summed E-state index contributed by atoms with van der Waals surface area (Å²) in [6, 6.07) is 9.61. The highest BCUT2D eigenvalue weighted by Gasteiger charge is 2.37. The smallest absolute Gasteiger partial charge is 0.253 e. The largest absolute Gasteiger partial charge is 0.381 e. The molecule has 0 saturated carbocycles. The number of likely N-dealkylation sites (tertiary alicyclic amines) is 1. The van der Waals surface area contributed by atoms with E-state index in [0.29, 0.717) is 5.41 Å². The van der Waals surface area contributed by atoms with Crippen LogP contribution in [0.3, 0.4) is 0 Å². The summed E-state index contributed by atoms with van der Waals surface area (Å²) in [5.41, 5.74) is 1.26. The number of piperidine rings is 1. The van der Waals surface area contributed by atoms with E-state index in [1.165, 1.54) is 12.8 Å². The van der Waals surface area contributed by atoms with Gasteiger partial charge in [0, 0.05) is 31.9 Å². The van der Waals surface area contributed by atoms with Gasteiger partial charge in [-0.1, -0.05) is 18.2 Å². The van der Waals surface area contributed by atoms with Crippen molar-refractivity contribution in [1.82, 2.24) is 4.90 Å². The van der Waals surface area contributed by atoms with Crippen molar-refractivity contribution in [3.8, 4) is 0 Å². The van der Waals surface area contributed by atoms with E-state index in [1.54, 1.807) is 0 Å². The molecule has 2 fully saturated rings. The van der Waals surface area contributed by atoms with Crippen LogP contribution in [0.5, 0.6) is 0 Å². The van der Waals surface area contributed by atoms with Gasteiger partial charge in [0.1, 0.15) is 0 Å². The Kier molecular flexibility index (Phi) is 3.56. The fourth-order valence-corrected chi connectivity index (χ4v) is 3.25. The molecule has 102 valence electrons. The number of carbonyl (C=O) groups excluding carboxylic acids is 1. The zero-order valence-corrected chi connectivity index (χ0v) is 11.3. The van der Waals surface area contributed by atoms with Crippen LogP contribution in [0.4, 0.5) is 0 Å². The van der Waals surface area contributed by atoms with Crippen molar-refractivity contribution in [3.63, 3.8) is 0 Å². The summed E-state index contributed by atoms with van der Waals surface area (Å²) in [5, 5.41) is 0. The minimum absolute atomic E-state index is 0.183. The highest BCUT2D eigenvalue weighted by Crippen LogP contribution is 2.40. The summed E-state index contributed by atoms with van der Waals surface area (Å²) in [7, 11) is 0. The molecule has 2 saturated heterocycles. The summed E-state index contributed by atoms with van der Waals surface area (Å²) >= 11 is 0. The summed E-state index contributed by atoms with van der Waals surface area (Å²) < 4.78 is 5.46. The SMILES string of the molecule is O=C(c1ccccc1)N1CCC2(CCOCC2)CC1. The number of carbonyl (C=O) groups is 1. The Morgan fingerprint density at radius 2 is 1.63 bits per heavy atom. The van der Waals surface area contributed by atoms with Crippen LogP contribution in [0.2, 0.25) is 0 Å². The summed E-state index contributed by atoms with van der Waals surface area (Å²) in [6.45, 7) is 3.58. The molecule has 1 aromatic carbocycles. The van der Waals surface area contributed by atoms with E-state index in [2.05, 4.69) is 0 Å². The monoisotopic (exact) mass is 259 g/mol. The average Bonchev–Trinajstić information content (AvgIpc) is 2.49. The topological polar surface area (TPSA) is 29.5 Å². The standard InChI is InChI=1S/C16H21NO2/c18-15(14-4-2-1-3-5-14)17-10-6-16(7-11-17)8-12-19-13-9-16/h1-5H,6-13H2. The number of hydrogen-bond donors (Lipinski definition) is 0. The number of ether oxygens (including phenoxy) is 1. The van der Waals surface area contributed by atoms with Gasteiger partial charge in [-0.25, -0.2) is 0 Å². The van der Waals surface area contributed by atoms with Gasteiger partial charge in [-0.2, -0.15) is 0 Å². The highest BCUT2D eigenvalue weighted by molar-refractivity contribution is 5.94. The molecule has 2 aliphatic heterocycles. The number of nitrogens with zero attached hydrogens (tertiary/aromatic N) is 1. The first-order chi connectivity index (χ1) is 9.29. The molecular formula is C16H21NO2. The van der Waals surface area contributed by atoms with Gasteiger partial charge in [-0.05, 0) is 43.2 Å². The lowest BCUT2D eigenvalue weighted by Crippen LogP contribution is -2.45. The van der Waals surface area contributed by atoms with Crippen molar-refractivity contribution in [2.24, 2.45) is 5.41 Å². The highest BCUT2D eigenvalue weighted by atomic mass is 16.5. The van der Waals surface area contributed by atoms with E-state index < -0.39 is 0 Å². The lowest BCUT2D eigenvalue weighted by molar-refractivity contribution is -0.0175. The van der Waals surface area contributed by atoms with E-state index in [4.69, 9.17) is 4.74 Å². The van der Waals surface area contributed by atoms with Gasteiger partial charge < -0.3 is 9.64 Å². The second-order valence-electron chi connectivity index (χ2n) is 5.77. The van der Waals surface area contributed by atoms with E-state index in [-0.39, 0.29) is 5.91 Å². The van der Waals surface area contributed by atoms with E-state index in [1.807, 2.05) is 35.2 Å². The first kappa shape index (κ1) is 12.7. The molecule has 19 heavy (non-hydrogen) atoms. The lowest BCUT2D eigenvalue weighted by Gasteiger charge is -2.44. The maximum absolute atomic E-state index is 12.4. The molecule has 0 radical (unpaired) electrons. The molecule has 0 aromatic heterocycles. The summed E-state index contributed by atoms with van der Waals surface area (Å²) in [4.78, 5) is 14.4. The molecule has 1 spiro atoms. The predicted molar refractivity (Wildman–Crippen MR) is 74.1 cm³/mol. The zero-order valence-electron chi connectivity index (χ0n) is 11.3. The number of benzene rings is 1. The minimum atomic E-state index is 0.183. The van der Waals surface area contributed by atoms with Gasteiger partial charge in [0.05, 0.1) is 0 Å². The second-order valence-corrected chi connectivity index (χ2v) is 5.77. The lowest BCUT2D eigenvalue weighted by atomic mass is 9.72. The number of hydrogen-bond acceptors (Lipinski definition) is 2. The molecule has 1 amide bonds. The minimum Gasteiger partial charge on any atom is -0.381 e. The fraction of sp³-hybridized carbons (Fsp3) is 0.562. The Morgan fingerprint density at radius 1 is 1.00 bits per heavy atom. The summed E-state index contributed by atoms with van der Waals surface area (Å²) in [6.07, 6.45) is 4.60. The van der Waals surface area contributed by atoms with Gasteiger partial charge in [0.2, 0.25) is 0 Å². The molecule has 3 rings (SSSR count). The van der Waals surface area contributed by atoms with Crippen molar-refractivity contribution in [1.29, 1.82) is 0 Å². The van der Waals surface area contributed by atoms with Crippen molar-refractivity contribution in [3.05, 3.63) is 35.9 Å². The van der Waals surface area contributed by atoms with Crippen LogP contribution in [0.25, 0.3) is 0 Å². The zero-order chi connectivity index (χ0) is 13.1. The molecule has 0 aliphatic carbocycles. The van der Waals surface area contributed by atoms with Crippen molar-refractivity contribution < 1.29 is 9.53 Å².